The molecule has 2 rings (SSSR count). The summed E-state index contributed by atoms with van der Waals surface area (Å²) in [5, 5.41) is 0. The van der Waals surface area contributed by atoms with Gasteiger partial charge in [-0.1, -0.05) is 42.5 Å². The fraction of sp³-hybridized carbons (Fsp3) is 0.278. The molecule has 0 bridgehead atoms. The number of rotatable bonds is 7. The molecule has 2 aromatic rings. The van der Waals surface area contributed by atoms with E-state index < -0.39 is 0 Å². The summed E-state index contributed by atoms with van der Waals surface area (Å²) in [5.74, 6) is 0.179. The van der Waals surface area contributed by atoms with E-state index in [1.54, 1.807) is 11.8 Å². The van der Waals surface area contributed by atoms with Crippen molar-refractivity contribution < 1.29 is 4.79 Å². The van der Waals surface area contributed by atoms with E-state index in [0.717, 1.165) is 18.5 Å². The van der Waals surface area contributed by atoms with Crippen molar-refractivity contribution in [3.05, 3.63) is 65.7 Å². The predicted molar refractivity (Wildman–Crippen MR) is 90.2 cm³/mol. The normalized spacial score (nSPS) is 10.8. The van der Waals surface area contributed by atoms with Crippen LogP contribution in [0.4, 0.5) is 0 Å². The van der Waals surface area contributed by atoms with Crippen molar-refractivity contribution >= 4 is 17.5 Å². The van der Waals surface area contributed by atoms with Gasteiger partial charge in [-0.25, -0.2) is 0 Å². The Morgan fingerprint density at radius 2 is 1.71 bits per heavy atom. The Balaban J connectivity index is 1.83. The third kappa shape index (κ3) is 5.03. The summed E-state index contributed by atoms with van der Waals surface area (Å²) in [6.07, 6.45) is 3.00. The third-order valence-electron chi connectivity index (χ3n) is 3.45. The molecule has 110 valence electrons. The average molecular weight is 299 g/mol. The Kier molecular flexibility index (Phi) is 6.03. The zero-order chi connectivity index (χ0) is 15.1. The molecule has 2 nitrogen and oxygen atoms in total. The number of ketones is 1. The molecule has 0 aliphatic heterocycles. The molecule has 0 saturated carbocycles. The first-order valence-electron chi connectivity index (χ1n) is 7.09. The van der Waals surface area contributed by atoms with Gasteiger partial charge in [0.2, 0.25) is 0 Å². The number of carbonyl (C=O) groups excluding carboxylic acids is 1. The molecule has 0 atom stereocenters. The average Bonchev–Trinajstić information content (AvgIpc) is 2.54. The van der Waals surface area contributed by atoms with E-state index in [1.807, 2.05) is 55.8 Å². The number of hydrogen-bond donors (Lipinski definition) is 0. The second-order valence-corrected chi connectivity index (χ2v) is 6.00. The molecule has 0 fully saturated rings. The SMILES string of the molecule is CSc1ccc(C(=O)CN(C)CCc2ccccc2)cc1. The lowest BCUT2D eigenvalue weighted by Crippen LogP contribution is -2.28. The largest absolute Gasteiger partial charge is 0.299 e. The van der Waals surface area contributed by atoms with Gasteiger partial charge in [0.1, 0.15) is 0 Å². The second-order valence-electron chi connectivity index (χ2n) is 5.13. The standard InChI is InChI=1S/C18H21NOS/c1-19(13-12-15-6-4-3-5-7-15)14-18(20)16-8-10-17(21-2)11-9-16/h3-11H,12-14H2,1-2H3. The lowest BCUT2D eigenvalue weighted by atomic mass is 10.1. The van der Waals surface area contributed by atoms with E-state index >= 15 is 0 Å². The first-order valence-corrected chi connectivity index (χ1v) is 8.31. The maximum Gasteiger partial charge on any atom is 0.176 e. The lowest BCUT2D eigenvalue weighted by Gasteiger charge is -2.15. The summed E-state index contributed by atoms with van der Waals surface area (Å²) in [5.41, 5.74) is 2.10. The smallest absolute Gasteiger partial charge is 0.176 e. The zero-order valence-electron chi connectivity index (χ0n) is 12.6. The molecule has 0 aliphatic carbocycles. The molecule has 0 saturated heterocycles. The number of thioether (sulfide) groups is 1. The van der Waals surface area contributed by atoms with Gasteiger partial charge in [-0.05, 0) is 37.4 Å². The molecule has 0 unspecified atom stereocenters. The van der Waals surface area contributed by atoms with Gasteiger partial charge >= 0.3 is 0 Å². The molecule has 0 radical (unpaired) electrons. The highest BCUT2D eigenvalue weighted by molar-refractivity contribution is 7.98. The minimum atomic E-state index is 0.179. The molecule has 0 amide bonds. The molecule has 3 heteroatoms. The molecule has 2 aromatic carbocycles. The van der Waals surface area contributed by atoms with Gasteiger partial charge in [0.05, 0.1) is 6.54 Å². The predicted octanol–water partition coefficient (Wildman–Crippen LogP) is 3.77. The molecule has 0 N–H and O–H groups in total. The molecular formula is C18H21NOS. The molecule has 0 aliphatic rings. The highest BCUT2D eigenvalue weighted by atomic mass is 32.2. The topological polar surface area (TPSA) is 20.3 Å². The Morgan fingerprint density at radius 1 is 1.05 bits per heavy atom. The molecule has 21 heavy (non-hydrogen) atoms. The number of hydrogen-bond acceptors (Lipinski definition) is 3. The van der Waals surface area contributed by atoms with Crippen LogP contribution in [0.25, 0.3) is 0 Å². The first-order chi connectivity index (χ1) is 10.2. The van der Waals surface area contributed by atoms with Crippen LogP contribution in [0.2, 0.25) is 0 Å². The minimum absolute atomic E-state index is 0.179. The zero-order valence-corrected chi connectivity index (χ0v) is 13.4. The number of nitrogens with zero attached hydrogens (tertiary/aromatic N) is 1. The second kappa shape index (κ2) is 8.01. The van der Waals surface area contributed by atoms with E-state index in [2.05, 4.69) is 17.0 Å². The van der Waals surface area contributed by atoms with Gasteiger partial charge < -0.3 is 0 Å². The fourth-order valence-corrected chi connectivity index (χ4v) is 2.57. The molecule has 0 heterocycles. The van der Waals surface area contributed by atoms with Crippen LogP contribution in [-0.4, -0.2) is 37.1 Å². The van der Waals surface area contributed by atoms with Crippen molar-refractivity contribution in [1.82, 2.24) is 4.90 Å². The van der Waals surface area contributed by atoms with Crippen LogP contribution in [0.15, 0.2) is 59.5 Å². The Labute approximate surface area is 131 Å². The van der Waals surface area contributed by atoms with Crippen molar-refractivity contribution in [1.29, 1.82) is 0 Å². The van der Waals surface area contributed by atoms with E-state index in [1.165, 1.54) is 10.5 Å². The monoisotopic (exact) mass is 299 g/mol. The molecular weight excluding hydrogens is 278 g/mol. The van der Waals surface area contributed by atoms with Gasteiger partial charge in [0.15, 0.2) is 5.78 Å². The van der Waals surface area contributed by atoms with Crippen molar-refractivity contribution in [2.45, 2.75) is 11.3 Å². The maximum atomic E-state index is 12.2. The summed E-state index contributed by atoms with van der Waals surface area (Å²) in [6.45, 7) is 1.35. The Morgan fingerprint density at radius 3 is 2.33 bits per heavy atom. The maximum absolute atomic E-state index is 12.2. The van der Waals surface area contributed by atoms with Gasteiger partial charge in [-0.2, -0.15) is 0 Å². The number of benzene rings is 2. The van der Waals surface area contributed by atoms with Crippen LogP contribution in [0, 0.1) is 0 Å². The van der Waals surface area contributed by atoms with Crippen LogP contribution in [0.5, 0.6) is 0 Å². The van der Waals surface area contributed by atoms with Gasteiger partial charge in [0.25, 0.3) is 0 Å². The van der Waals surface area contributed by atoms with E-state index in [9.17, 15) is 4.79 Å². The lowest BCUT2D eigenvalue weighted by molar-refractivity contribution is 0.0947. The van der Waals surface area contributed by atoms with Crippen LogP contribution < -0.4 is 0 Å². The first kappa shape index (κ1) is 15.8. The van der Waals surface area contributed by atoms with Crippen LogP contribution >= 0.6 is 11.8 Å². The highest BCUT2D eigenvalue weighted by Crippen LogP contribution is 2.15. The number of likely N-dealkylation sites (N-methyl/N-ethyl adjacent to an activating group) is 1. The summed E-state index contributed by atoms with van der Waals surface area (Å²) in [7, 11) is 2.00. The van der Waals surface area contributed by atoms with Gasteiger partial charge in [-0.15, -0.1) is 11.8 Å². The summed E-state index contributed by atoms with van der Waals surface area (Å²) in [6, 6.07) is 18.2. The Bertz CT molecular complexity index is 566. The number of Topliss-reactive ketones (excluding diaryl/α,β-unsaturated/α-hetero) is 1. The van der Waals surface area contributed by atoms with Crippen molar-refractivity contribution in [2.75, 3.05) is 26.4 Å². The van der Waals surface area contributed by atoms with Crippen LogP contribution in [0.1, 0.15) is 15.9 Å². The quantitative estimate of drug-likeness (QED) is 0.573. The van der Waals surface area contributed by atoms with Gasteiger partial charge in [-0.3, -0.25) is 9.69 Å². The van der Waals surface area contributed by atoms with Crippen LogP contribution in [0.3, 0.4) is 0 Å². The van der Waals surface area contributed by atoms with Crippen molar-refractivity contribution in [3.8, 4) is 0 Å². The summed E-state index contributed by atoms with van der Waals surface area (Å²) < 4.78 is 0. The third-order valence-corrected chi connectivity index (χ3v) is 4.19. The van der Waals surface area contributed by atoms with E-state index in [-0.39, 0.29) is 5.78 Å². The summed E-state index contributed by atoms with van der Waals surface area (Å²) in [4.78, 5) is 15.5. The van der Waals surface area contributed by atoms with Gasteiger partial charge in [0, 0.05) is 17.0 Å². The molecule has 0 aromatic heterocycles. The minimum Gasteiger partial charge on any atom is -0.299 e. The number of carbonyl (C=O) groups is 1. The highest BCUT2D eigenvalue weighted by Gasteiger charge is 2.09. The fourth-order valence-electron chi connectivity index (χ4n) is 2.16. The molecule has 0 spiro atoms. The van der Waals surface area contributed by atoms with Crippen LogP contribution in [-0.2, 0) is 6.42 Å². The van der Waals surface area contributed by atoms with E-state index in [4.69, 9.17) is 0 Å². The van der Waals surface area contributed by atoms with E-state index in [0.29, 0.717) is 6.54 Å². The van der Waals surface area contributed by atoms with Crippen molar-refractivity contribution in [2.24, 2.45) is 0 Å². The summed E-state index contributed by atoms with van der Waals surface area (Å²) >= 11 is 1.69. The van der Waals surface area contributed by atoms with Crippen molar-refractivity contribution in [3.63, 3.8) is 0 Å². The Hall–Kier alpha value is -1.58.